The molecule has 2 rings (SSSR count). The Balaban J connectivity index is 0.00000112. The Morgan fingerprint density at radius 2 is 1.73 bits per heavy atom. The van der Waals surface area contributed by atoms with Crippen molar-refractivity contribution in [3.63, 3.8) is 0 Å². The second-order valence-electron chi connectivity index (χ2n) is 3.45. The van der Waals surface area contributed by atoms with Crippen LogP contribution >= 0.6 is 23.7 Å². The molecule has 3 heteroatoms. The standard InChI is InChI=1S/C12H13NS.ClH/c1-9-2-4-10(5-3-9)12(13)11-6-7-14-8-11;/h2-8,12H,13H2,1H3;1H/t12-;/m0./s1. The number of benzene rings is 1. The molecule has 0 unspecified atom stereocenters. The topological polar surface area (TPSA) is 26.0 Å². The highest BCUT2D eigenvalue weighted by Crippen LogP contribution is 2.21. The fraction of sp³-hybridized carbons (Fsp3) is 0.167. The maximum absolute atomic E-state index is 6.12. The van der Waals surface area contributed by atoms with E-state index in [-0.39, 0.29) is 18.4 Å². The fourth-order valence-corrected chi connectivity index (χ4v) is 2.11. The zero-order valence-electron chi connectivity index (χ0n) is 8.51. The van der Waals surface area contributed by atoms with Crippen LogP contribution in [-0.4, -0.2) is 0 Å². The lowest BCUT2D eigenvalue weighted by molar-refractivity contribution is 0.876. The van der Waals surface area contributed by atoms with E-state index in [4.69, 9.17) is 5.73 Å². The molecule has 0 saturated carbocycles. The van der Waals surface area contributed by atoms with E-state index >= 15 is 0 Å². The van der Waals surface area contributed by atoms with Crippen molar-refractivity contribution in [1.82, 2.24) is 0 Å². The number of hydrogen-bond donors (Lipinski definition) is 1. The first-order valence-electron chi connectivity index (χ1n) is 4.61. The highest BCUT2D eigenvalue weighted by atomic mass is 35.5. The van der Waals surface area contributed by atoms with E-state index in [1.165, 1.54) is 16.7 Å². The van der Waals surface area contributed by atoms with Crippen molar-refractivity contribution in [3.05, 3.63) is 57.8 Å². The van der Waals surface area contributed by atoms with Gasteiger partial charge in [-0.05, 0) is 34.9 Å². The van der Waals surface area contributed by atoms with E-state index in [0.29, 0.717) is 0 Å². The van der Waals surface area contributed by atoms with Crippen LogP contribution in [-0.2, 0) is 0 Å². The van der Waals surface area contributed by atoms with E-state index in [1.807, 2.05) is 0 Å². The number of halogens is 1. The van der Waals surface area contributed by atoms with Gasteiger partial charge in [0.25, 0.3) is 0 Å². The molecule has 0 saturated heterocycles. The van der Waals surface area contributed by atoms with Gasteiger partial charge in [0.1, 0.15) is 0 Å². The summed E-state index contributed by atoms with van der Waals surface area (Å²) in [7, 11) is 0. The van der Waals surface area contributed by atoms with E-state index < -0.39 is 0 Å². The Morgan fingerprint density at radius 1 is 1.07 bits per heavy atom. The van der Waals surface area contributed by atoms with Crippen LogP contribution in [0, 0.1) is 6.92 Å². The second kappa shape index (κ2) is 5.31. The van der Waals surface area contributed by atoms with Crippen molar-refractivity contribution in [3.8, 4) is 0 Å². The predicted molar refractivity (Wildman–Crippen MR) is 68.8 cm³/mol. The van der Waals surface area contributed by atoms with Crippen molar-refractivity contribution < 1.29 is 0 Å². The number of rotatable bonds is 2. The lowest BCUT2D eigenvalue weighted by Crippen LogP contribution is -2.10. The SMILES string of the molecule is Cc1ccc([C@H](N)c2ccsc2)cc1.Cl. The molecule has 0 bridgehead atoms. The highest BCUT2D eigenvalue weighted by Gasteiger charge is 2.07. The van der Waals surface area contributed by atoms with Gasteiger partial charge >= 0.3 is 0 Å². The average molecular weight is 240 g/mol. The summed E-state index contributed by atoms with van der Waals surface area (Å²) in [6.45, 7) is 2.08. The molecule has 2 aromatic rings. The Hall–Kier alpha value is -0.830. The average Bonchev–Trinajstić information content (AvgIpc) is 2.71. The smallest absolute Gasteiger partial charge is 0.0559 e. The molecule has 0 spiro atoms. The zero-order chi connectivity index (χ0) is 9.97. The summed E-state index contributed by atoms with van der Waals surface area (Å²) in [6, 6.07) is 10.5. The summed E-state index contributed by atoms with van der Waals surface area (Å²) < 4.78 is 0. The van der Waals surface area contributed by atoms with Crippen LogP contribution in [0.15, 0.2) is 41.1 Å². The lowest BCUT2D eigenvalue weighted by Gasteiger charge is -2.10. The van der Waals surface area contributed by atoms with Crippen molar-refractivity contribution in [2.75, 3.05) is 0 Å². The van der Waals surface area contributed by atoms with Crippen molar-refractivity contribution in [2.45, 2.75) is 13.0 Å². The van der Waals surface area contributed by atoms with Gasteiger partial charge < -0.3 is 5.73 Å². The summed E-state index contributed by atoms with van der Waals surface area (Å²) in [5.74, 6) is 0. The Kier molecular flexibility index (Phi) is 4.33. The molecule has 15 heavy (non-hydrogen) atoms. The Bertz CT molecular complexity index is 394. The highest BCUT2D eigenvalue weighted by molar-refractivity contribution is 7.08. The summed E-state index contributed by atoms with van der Waals surface area (Å²) in [5.41, 5.74) is 9.76. The van der Waals surface area contributed by atoms with Gasteiger partial charge in [0.15, 0.2) is 0 Å². The quantitative estimate of drug-likeness (QED) is 0.853. The minimum absolute atomic E-state index is 0. The van der Waals surface area contributed by atoms with Gasteiger partial charge in [0, 0.05) is 0 Å². The molecule has 2 N–H and O–H groups in total. The molecule has 0 aliphatic carbocycles. The normalized spacial score (nSPS) is 11.9. The van der Waals surface area contributed by atoms with Crippen molar-refractivity contribution in [2.24, 2.45) is 5.73 Å². The predicted octanol–water partition coefficient (Wildman–Crippen LogP) is 3.53. The van der Waals surface area contributed by atoms with Gasteiger partial charge in [-0.1, -0.05) is 29.8 Å². The maximum atomic E-state index is 6.12. The van der Waals surface area contributed by atoms with Crippen LogP contribution in [0.4, 0.5) is 0 Å². The van der Waals surface area contributed by atoms with Crippen LogP contribution in [0.2, 0.25) is 0 Å². The first-order valence-corrected chi connectivity index (χ1v) is 5.56. The number of aryl methyl sites for hydroxylation is 1. The van der Waals surface area contributed by atoms with Gasteiger partial charge in [-0.3, -0.25) is 0 Å². The van der Waals surface area contributed by atoms with Crippen molar-refractivity contribution >= 4 is 23.7 Å². The molecule has 80 valence electrons. The summed E-state index contributed by atoms with van der Waals surface area (Å²) in [6.07, 6.45) is 0. The molecule has 1 nitrogen and oxygen atoms in total. The third-order valence-corrected chi connectivity index (χ3v) is 3.04. The van der Waals surface area contributed by atoms with Crippen LogP contribution in [0.1, 0.15) is 22.7 Å². The van der Waals surface area contributed by atoms with Crippen LogP contribution < -0.4 is 5.73 Å². The molecule has 1 atom stereocenters. The zero-order valence-corrected chi connectivity index (χ0v) is 10.1. The molecular formula is C12H14ClNS. The molecule has 0 amide bonds. The first-order chi connectivity index (χ1) is 6.77. The van der Waals surface area contributed by atoms with Crippen LogP contribution in [0.5, 0.6) is 0 Å². The summed E-state index contributed by atoms with van der Waals surface area (Å²) in [5, 5.41) is 4.16. The van der Waals surface area contributed by atoms with Crippen LogP contribution in [0.3, 0.4) is 0 Å². The maximum Gasteiger partial charge on any atom is 0.0559 e. The minimum atomic E-state index is 0. The number of thiophene rings is 1. The van der Waals surface area contributed by atoms with Gasteiger partial charge in [-0.15, -0.1) is 12.4 Å². The molecule has 0 radical (unpaired) electrons. The molecule has 1 aromatic carbocycles. The van der Waals surface area contributed by atoms with Gasteiger partial charge in [0.05, 0.1) is 6.04 Å². The molecule has 0 aliphatic rings. The molecule has 0 aliphatic heterocycles. The largest absolute Gasteiger partial charge is 0.320 e. The third kappa shape index (κ3) is 2.81. The van der Waals surface area contributed by atoms with Gasteiger partial charge in [-0.2, -0.15) is 11.3 Å². The molecule has 0 fully saturated rings. The van der Waals surface area contributed by atoms with Crippen LogP contribution in [0.25, 0.3) is 0 Å². The summed E-state index contributed by atoms with van der Waals surface area (Å²) in [4.78, 5) is 0. The molecule has 1 aromatic heterocycles. The third-order valence-electron chi connectivity index (χ3n) is 2.34. The monoisotopic (exact) mass is 239 g/mol. The van der Waals surface area contributed by atoms with Crippen molar-refractivity contribution in [1.29, 1.82) is 0 Å². The van der Waals surface area contributed by atoms with E-state index in [0.717, 1.165) is 0 Å². The first kappa shape index (κ1) is 12.2. The second-order valence-corrected chi connectivity index (χ2v) is 4.23. The van der Waals surface area contributed by atoms with E-state index in [9.17, 15) is 0 Å². The number of hydrogen-bond acceptors (Lipinski definition) is 2. The lowest BCUT2D eigenvalue weighted by atomic mass is 10.0. The molecule has 1 heterocycles. The van der Waals surface area contributed by atoms with Gasteiger partial charge in [-0.25, -0.2) is 0 Å². The summed E-state index contributed by atoms with van der Waals surface area (Å²) >= 11 is 1.69. The van der Waals surface area contributed by atoms with Gasteiger partial charge in [0.2, 0.25) is 0 Å². The minimum Gasteiger partial charge on any atom is -0.320 e. The fourth-order valence-electron chi connectivity index (χ4n) is 1.42. The molecular weight excluding hydrogens is 226 g/mol. The Morgan fingerprint density at radius 3 is 2.27 bits per heavy atom. The van der Waals surface area contributed by atoms with E-state index in [2.05, 4.69) is 48.0 Å². The number of nitrogens with two attached hydrogens (primary N) is 1. The van der Waals surface area contributed by atoms with E-state index in [1.54, 1.807) is 11.3 Å². The Labute approximate surface area is 100 Å².